The fourth-order valence-electron chi connectivity index (χ4n) is 2.12. The number of nitrogens with two attached hydrogens (primary N) is 1. The molecule has 4 nitrogen and oxygen atoms in total. The summed E-state index contributed by atoms with van der Waals surface area (Å²) in [6.45, 7) is 6.40. The summed E-state index contributed by atoms with van der Waals surface area (Å²) in [6.07, 6.45) is 2.01. The Morgan fingerprint density at radius 1 is 1.16 bits per heavy atom. The van der Waals surface area contributed by atoms with E-state index < -0.39 is 0 Å². The van der Waals surface area contributed by atoms with E-state index in [1.807, 2.05) is 35.1 Å². The zero-order valence-electron chi connectivity index (χ0n) is 11.4. The molecule has 4 heteroatoms. The fraction of sp³-hybridized carbons (Fsp3) is 0.267. The molecule has 0 bridgehead atoms. The Kier molecular flexibility index (Phi) is 2.42. The van der Waals surface area contributed by atoms with Gasteiger partial charge >= 0.3 is 0 Å². The fourth-order valence-corrected chi connectivity index (χ4v) is 2.12. The first-order chi connectivity index (χ1) is 8.93. The Labute approximate surface area is 112 Å². The van der Waals surface area contributed by atoms with Gasteiger partial charge in [-0.2, -0.15) is 5.10 Å². The smallest absolute Gasteiger partial charge is 0.109 e. The van der Waals surface area contributed by atoms with E-state index in [1.165, 1.54) is 0 Å². The van der Waals surface area contributed by atoms with E-state index in [1.54, 1.807) is 0 Å². The zero-order valence-corrected chi connectivity index (χ0v) is 11.4. The highest BCUT2D eigenvalue weighted by molar-refractivity contribution is 5.87. The first-order valence-electron chi connectivity index (χ1n) is 6.38. The molecule has 3 N–H and O–H groups in total. The maximum Gasteiger partial charge on any atom is 0.109 e. The van der Waals surface area contributed by atoms with Crippen LogP contribution in [0.5, 0.6) is 0 Å². The average molecular weight is 254 g/mol. The lowest BCUT2D eigenvalue weighted by atomic mass is 10.1. The third-order valence-corrected chi connectivity index (χ3v) is 3.20. The monoisotopic (exact) mass is 254 g/mol. The van der Waals surface area contributed by atoms with Gasteiger partial charge in [-0.1, -0.05) is 6.07 Å². The minimum atomic E-state index is -0.00526. The van der Waals surface area contributed by atoms with Crippen LogP contribution in [-0.4, -0.2) is 14.8 Å². The molecule has 0 atom stereocenters. The molecule has 19 heavy (non-hydrogen) atoms. The van der Waals surface area contributed by atoms with E-state index in [2.05, 4.69) is 36.9 Å². The van der Waals surface area contributed by atoms with Crippen molar-refractivity contribution in [2.45, 2.75) is 26.3 Å². The number of fused-ring (bicyclic) bond motifs is 1. The normalized spacial score (nSPS) is 12.2. The van der Waals surface area contributed by atoms with E-state index in [0.29, 0.717) is 0 Å². The molecule has 2 heterocycles. The molecule has 0 aliphatic rings. The van der Waals surface area contributed by atoms with Crippen molar-refractivity contribution >= 4 is 16.6 Å². The molecule has 0 saturated heterocycles. The molecule has 0 saturated carbocycles. The summed E-state index contributed by atoms with van der Waals surface area (Å²) in [6, 6.07) is 10.0. The predicted octanol–water partition coefficient (Wildman–Crippen LogP) is 3.37. The number of rotatable bonds is 1. The Hall–Kier alpha value is -2.23. The predicted molar refractivity (Wildman–Crippen MR) is 78.9 cm³/mol. The standard InChI is InChI=1S/C15H18N4/c1-15(2,3)19-7-6-12(18-19)14-8-10-4-5-11(16)9-13(10)17-14/h4-9,17H,16H2,1-3H3. The van der Waals surface area contributed by atoms with Gasteiger partial charge in [0.1, 0.15) is 5.69 Å². The molecule has 0 fully saturated rings. The van der Waals surface area contributed by atoms with E-state index in [-0.39, 0.29) is 5.54 Å². The van der Waals surface area contributed by atoms with E-state index in [9.17, 15) is 0 Å². The van der Waals surface area contributed by atoms with Crippen molar-refractivity contribution in [1.82, 2.24) is 14.8 Å². The number of anilines is 1. The molecule has 0 unspecified atom stereocenters. The van der Waals surface area contributed by atoms with Crippen molar-refractivity contribution in [3.05, 3.63) is 36.5 Å². The summed E-state index contributed by atoms with van der Waals surface area (Å²) < 4.78 is 1.97. The Morgan fingerprint density at radius 2 is 1.95 bits per heavy atom. The van der Waals surface area contributed by atoms with Crippen LogP contribution in [0.2, 0.25) is 0 Å². The van der Waals surface area contributed by atoms with Crippen LogP contribution in [-0.2, 0) is 5.54 Å². The van der Waals surface area contributed by atoms with Crippen molar-refractivity contribution in [3.63, 3.8) is 0 Å². The van der Waals surface area contributed by atoms with Crippen molar-refractivity contribution < 1.29 is 0 Å². The van der Waals surface area contributed by atoms with Crippen molar-refractivity contribution in [1.29, 1.82) is 0 Å². The highest BCUT2D eigenvalue weighted by Crippen LogP contribution is 2.25. The van der Waals surface area contributed by atoms with Gasteiger partial charge in [-0.3, -0.25) is 4.68 Å². The van der Waals surface area contributed by atoms with Gasteiger partial charge in [0.05, 0.1) is 11.2 Å². The third-order valence-electron chi connectivity index (χ3n) is 3.20. The molecular formula is C15H18N4. The van der Waals surface area contributed by atoms with Crippen LogP contribution < -0.4 is 5.73 Å². The second-order valence-electron chi connectivity index (χ2n) is 5.85. The highest BCUT2D eigenvalue weighted by Gasteiger charge is 2.15. The van der Waals surface area contributed by atoms with Crippen LogP contribution >= 0.6 is 0 Å². The van der Waals surface area contributed by atoms with Gasteiger partial charge in [0.25, 0.3) is 0 Å². The van der Waals surface area contributed by atoms with Crippen LogP contribution in [0, 0.1) is 0 Å². The van der Waals surface area contributed by atoms with Crippen LogP contribution in [0.15, 0.2) is 36.5 Å². The maximum atomic E-state index is 5.79. The van der Waals surface area contributed by atoms with Gasteiger partial charge in [0.2, 0.25) is 0 Å². The molecule has 1 aromatic carbocycles. The maximum absolute atomic E-state index is 5.79. The van der Waals surface area contributed by atoms with Crippen LogP contribution in [0.3, 0.4) is 0 Å². The summed E-state index contributed by atoms with van der Waals surface area (Å²) >= 11 is 0. The van der Waals surface area contributed by atoms with E-state index >= 15 is 0 Å². The molecule has 3 rings (SSSR count). The number of aromatic amines is 1. The number of hydrogen-bond acceptors (Lipinski definition) is 2. The SMILES string of the molecule is CC(C)(C)n1ccc(-c2cc3ccc(N)cc3[nH]2)n1. The van der Waals surface area contributed by atoms with Gasteiger partial charge in [-0.05, 0) is 45.0 Å². The average Bonchev–Trinajstić information content (AvgIpc) is 2.92. The van der Waals surface area contributed by atoms with Crippen molar-refractivity contribution in [2.75, 3.05) is 5.73 Å². The molecule has 0 aliphatic heterocycles. The number of nitrogen functional groups attached to an aromatic ring is 1. The van der Waals surface area contributed by atoms with Crippen LogP contribution in [0.25, 0.3) is 22.3 Å². The zero-order chi connectivity index (χ0) is 13.6. The molecule has 0 aliphatic carbocycles. The minimum Gasteiger partial charge on any atom is -0.399 e. The number of nitrogens with zero attached hydrogens (tertiary/aromatic N) is 2. The summed E-state index contributed by atoms with van der Waals surface area (Å²) in [7, 11) is 0. The van der Waals surface area contributed by atoms with Crippen LogP contribution in [0.1, 0.15) is 20.8 Å². The third kappa shape index (κ3) is 2.10. The highest BCUT2D eigenvalue weighted by atomic mass is 15.3. The first kappa shape index (κ1) is 11.8. The quantitative estimate of drug-likeness (QED) is 0.654. The largest absolute Gasteiger partial charge is 0.399 e. The molecular weight excluding hydrogens is 236 g/mol. The number of hydrogen-bond donors (Lipinski definition) is 2. The lowest BCUT2D eigenvalue weighted by molar-refractivity contribution is 0.356. The van der Waals surface area contributed by atoms with E-state index in [4.69, 9.17) is 5.73 Å². The van der Waals surface area contributed by atoms with Gasteiger partial charge in [-0.25, -0.2) is 0 Å². The van der Waals surface area contributed by atoms with Crippen LogP contribution in [0.4, 0.5) is 5.69 Å². The first-order valence-corrected chi connectivity index (χ1v) is 6.38. The number of benzene rings is 1. The van der Waals surface area contributed by atoms with Crippen molar-refractivity contribution in [2.24, 2.45) is 0 Å². The Balaban J connectivity index is 2.07. The number of H-pyrrole nitrogens is 1. The van der Waals surface area contributed by atoms with Gasteiger partial charge in [0.15, 0.2) is 0 Å². The minimum absolute atomic E-state index is 0.00526. The van der Waals surface area contributed by atoms with E-state index in [0.717, 1.165) is 28.0 Å². The number of nitrogens with one attached hydrogen (secondary N) is 1. The van der Waals surface area contributed by atoms with Gasteiger partial charge in [-0.15, -0.1) is 0 Å². The van der Waals surface area contributed by atoms with Gasteiger partial charge < -0.3 is 10.7 Å². The lowest BCUT2D eigenvalue weighted by Gasteiger charge is -2.18. The molecule has 0 radical (unpaired) electrons. The molecule has 2 aromatic heterocycles. The molecule has 0 amide bonds. The molecule has 98 valence electrons. The summed E-state index contributed by atoms with van der Waals surface area (Å²) in [5.41, 5.74) is 9.56. The molecule has 0 spiro atoms. The van der Waals surface area contributed by atoms with Gasteiger partial charge in [0, 0.05) is 22.8 Å². The second-order valence-corrected chi connectivity index (χ2v) is 5.85. The molecule has 3 aromatic rings. The topological polar surface area (TPSA) is 59.6 Å². The Morgan fingerprint density at radius 3 is 2.63 bits per heavy atom. The summed E-state index contributed by atoms with van der Waals surface area (Å²) in [5, 5.41) is 5.77. The Bertz CT molecular complexity index is 728. The number of aromatic nitrogens is 3. The lowest BCUT2D eigenvalue weighted by Crippen LogP contribution is -2.22. The summed E-state index contributed by atoms with van der Waals surface area (Å²) in [4.78, 5) is 3.36. The van der Waals surface area contributed by atoms with Crippen molar-refractivity contribution in [3.8, 4) is 11.4 Å². The summed E-state index contributed by atoms with van der Waals surface area (Å²) in [5.74, 6) is 0. The second kappa shape index (κ2) is 3.88.